The van der Waals surface area contributed by atoms with Crippen molar-refractivity contribution in [3.8, 4) is 0 Å². The van der Waals surface area contributed by atoms with E-state index in [1.165, 1.54) is 0 Å². The van der Waals surface area contributed by atoms with Gasteiger partial charge < -0.3 is 9.47 Å². The predicted molar refractivity (Wildman–Crippen MR) is 53.8 cm³/mol. The van der Waals surface area contributed by atoms with Crippen LogP contribution in [0.2, 0.25) is 0 Å². The first kappa shape index (κ1) is 11.1. The van der Waals surface area contributed by atoms with Crippen LogP contribution in [-0.2, 0) is 14.3 Å². The average Bonchev–Trinajstić information content (AvgIpc) is 2.17. The lowest BCUT2D eigenvalue weighted by atomic mass is 10.2. The molecule has 1 aliphatic rings. The molecule has 0 fully saturated rings. The quantitative estimate of drug-likeness (QED) is 0.677. The van der Waals surface area contributed by atoms with E-state index in [-0.39, 0.29) is 12.6 Å². The molecule has 0 aromatic rings. The Morgan fingerprint density at radius 1 is 1.50 bits per heavy atom. The Hall–Kier alpha value is -0.960. The first-order valence-corrected chi connectivity index (χ1v) is 4.96. The number of allylic oxidation sites excluding steroid dienone is 3. The molecule has 3 nitrogen and oxygen atoms in total. The molecule has 0 radical (unpaired) electrons. The van der Waals surface area contributed by atoms with Crippen molar-refractivity contribution in [3.05, 3.63) is 22.9 Å². The largest absolute Gasteiger partial charge is 0.481 e. The monoisotopic (exact) mass is 216 g/mol. The summed E-state index contributed by atoms with van der Waals surface area (Å²) in [5.74, 6) is 0.203. The Labute approximate surface area is 88.3 Å². The van der Waals surface area contributed by atoms with Crippen LogP contribution >= 0.6 is 11.6 Å². The molecule has 0 aromatic carbocycles. The third kappa shape index (κ3) is 3.42. The van der Waals surface area contributed by atoms with Crippen molar-refractivity contribution in [2.45, 2.75) is 19.8 Å². The maximum atomic E-state index is 11.0. The Morgan fingerprint density at radius 3 is 2.86 bits per heavy atom. The van der Waals surface area contributed by atoms with Crippen LogP contribution < -0.4 is 0 Å². The van der Waals surface area contributed by atoms with E-state index in [9.17, 15) is 4.79 Å². The van der Waals surface area contributed by atoms with E-state index in [1.54, 1.807) is 6.92 Å². The van der Waals surface area contributed by atoms with Gasteiger partial charge in [0.05, 0.1) is 11.6 Å². The summed E-state index contributed by atoms with van der Waals surface area (Å²) < 4.78 is 9.91. The highest BCUT2D eigenvalue weighted by Gasteiger charge is 2.10. The van der Waals surface area contributed by atoms with Gasteiger partial charge in [-0.2, -0.15) is 0 Å². The molecule has 4 heteroatoms. The molecule has 0 N–H and O–H groups in total. The zero-order valence-electron chi connectivity index (χ0n) is 8.09. The molecule has 0 aliphatic heterocycles. The van der Waals surface area contributed by atoms with E-state index in [0.717, 1.165) is 12.8 Å². The Morgan fingerprint density at radius 2 is 2.21 bits per heavy atom. The zero-order valence-corrected chi connectivity index (χ0v) is 8.84. The molecular weight excluding hydrogens is 204 g/mol. The van der Waals surface area contributed by atoms with Gasteiger partial charge in [0.2, 0.25) is 0 Å². The van der Waals surface area contributed by atoms with Crippen molar-refractivity contribution < 1.29 is 14.3 Å². The fourth-order valence-electron chi connectivity index (χ4n) is 1.09. The number of hydrogen-bond donors (Lipinski definition) is 0. The van der Waals surface area contributed by atoms with Crippen LogP contribution in [0.15, 0.2) is 22.9 Å². The van der Waals surface area contributed by atoms with Gasteiger partial charge in [-0.05, 0) is 25.8 Å². The summed E-state index contributed by atoms with van der Waals surface area (Å²) in [7, 11) is 0. The third-order valence-electron chi connectivity index (χ3n) is 1.71. The minimum absolute atomic E-state index is 0.0796. The van der Waals surface area contributed by atoms with Crippen LogP contribution in [-0.4, -0.2) is 19.2 Å². The molecule has 78 valence electrons. The molecule has 0 spiro atoms. The van der Waals surface area contributed by atoms with Crippen molar-refractivity contribution in [2.24, 2.45) is 0 Å². The lowest BCUT2D eigenvalue weighted by Gasteiger charge is -2.11. The van der Waals surface area contributed by atoms with Crippen LogP contribution in [0.4, 0.5) is 0 Å². The van der Waals surface area contributed by atoms with Crippen molar-refractivity contribution in [3.63, 3.8) is 0 Å². The normalized spacial score (nSPS) is 15.6. The van der Waals surface area contributed by atoms with Gasteiger partial charge >= 0.3 is 5.97 Å². The topological polar surface area (TPSA) is 35.5 Å². The second-order valence-corrected chi connectivity index (χ2v) is 3.20. The molecule has 0 bridgehead atoms. The van der Waals surface area contributed by atoms with Gasteiger partial charge in [0.15, 0.2) is 6.61 Å². The molecular formula is C10H13ClO3. The number of halogens is 1. The fraction of sp³-hybridized carbons (Fsp3) is 0.500. The van der Waals surface area contributed by atoms with Crippen LogP contribution in [0.5, 0.6) is 0 Å². The summed E-state index contributed by atoms with van der Waals surface area (Å²) in [6.07, 6.45) is 5.57. The van der Waals surface area contributed by atoms with Crippen molar-refractivity contribution >= 4 is 17.6 Å². The van der Waals surface area contributed by atoms with E-state index >= 15 is 0 Å². The molecule has 1 aliphatic carbocycles. The fourth-order valence-corrected chi connectivity index (χ4v) is 1.33. The maximum absolute atomic E-state index is 11.0. The first-order chi connectivity index (χ1) is 6.74. The van der Waals surface area contributed by atoms with Crippen molar-refractivity contribution in [1.82, 2.24) is 0 Å². The zero-order chi connectivity index (χ0) is 10.4. The van der Waals surface area contributed by atoms with E-state index < -0.39 is 0 Å². The Kier molecular flexibility index (Phi) is 4.53. The maximum Gasteiger partial charge on any atom is 0.344 e. The van der Waals surface area contributed by atoms with Crippen molar-refractivity contribution in [1.29, 1.82) is 0 Å². The first-order valence-electron chi connectivity index (χ1n) is 4.58. The van der Waals surface area contributed by atoms with Crippen LogP contribution in [0.1, 0.15) is 19.8 Å². The highest BCUT2D eigenvalue weighted by Crippen LogP contribution is 2.22. The Bertz CT molecular complexity index is 269. The molecule has 0 aromatic heterocycles. The van der Waals surface area contributed by atoms with Crippen LogP contribution in [0.3, 0.4) is 0 Å². The summed E-state index contributed by atoms with van der Waals surface area (Å²) in [5, 5.41) is 0.570. The van der Waals surface area contributed by atoms with Gasteiger partial charge in [-0.1, -0.05) is 17.7 Å². The number of carbonyl (C=O) groups is 1. The van der Waals surface area contributed by atoms with Gasteiger partial charge in [-0.15, -0.1) is 0 Å². The van der Waals surface area contributed by atoms with E-state index in [0.29, 0.717) is 17.4 Å². The second kappa shape index (κ2) is 5.70. The molecule has 0 unspecified atom stereocenters. The summed E-state index contributed by atoms with van der Waals surface area (Å²) in [4.78, 5) is 11.0. The van der Waals surface area contributed by atoms with Crippen LogP contribution in [0, 0.1) is 0 Å². The number of rotatable bonds is 4. The highest BCUT2D eigenvalue weighted by atomic mass is 35.5. The van der Waals surface area contributed by atoms with Gasteiger partial charge in [-0.3, -0.25) is 0 Å². The van der Waals surface area contributed by atoms with Crippen molar-refractivity contribution in [2.75, 3.05) is 13.2 Å². The molecule has 0 amide bonds. The number of ether oxygens (including phenoxy) is 2. The van der Waals surface area contributed by atoms with Gasteiger partial charge in [0.1, 0.15) is 5.76 Å². The van der Waals surface area contributed by atoms with E-state index in [1.807, 2.05) is 12.2 Å². The summed E-state index contributed by atoms with van der Waals surface area (Å²) in [5.41, 5.74) is 0. The molecule has 0 atom stereocenters. The lowest BCUT2D eigenvalue weighted by molar-refractivity contribution is -0.146. The Balaban J connectivity index is 2.34. The molecule has 14 heavy (non-hydrogen) atoms. The summed E-state index contributed by atoms with van der Waals surface area (Å²) in [6.45, 7) is 2.04. The smallest absolute Gasteiger partial charge is 0.344 e. The highest BCUT2D eigenvalue weighted by molar-refractivity contribution is 6.31. The molecule has 0 saturated carbocycles. The molecule has 1 rings (SSSR count). The number of hydrogen-bond acceptors (Lipinski definition) is 3. The SMILES string of the molecule is CCOC(=O)COC1=CCCC=C1Cl. The van der Waals surface area contributed by atoms with E-state index in [2.05, 4.69) is 0 Å². The number of carbonyl (C=O) groups excluding carboxylic acids is 1. The molecule has 0 saturated heterocycles. The number of esters is 1. The van der Waals surface area contributed by atoms with Gasteiger partial charge in [0, 0.05) is 0 Å². The van der Waals surface area contributed by atoms with Gasteiger partial charge in [0.25, 0.3) is 0 Å². The third-order valence-corrected chi connectivity index (χ3v) is 2.05. The van der Waals surface area contributed by atoms with E-state index in [4.69, 9.17) is 21.1 Å². The summed E-state index contributed by atoms with van der Waals surface area (Å²) >= 11 is 5.86. The van der Waals surface area contributed by atoms with Gasteiger partial charge in [-0.25, -0.2) is 4.79 Å². The minimum atomic E-state index is -0.372. The average molecular weight is 217 g/mol. The minimum Gasteiger partial charge on any atom is -0.481 e. The van der Waals surface area contributed by atoms with Crippen LogP contribution in [0.25, 0.3) is 0 Å². The predicted octanol–water partition coefficient (Wildman–Crippen LogP) is 2.37. The molecule has 0 heterocycles. The lowest BCUT2D eigenvalue weighted by Crippen LogP contribution is -2.12. The summed E-state index contributed by atoms with van der Waals surface area (Å²) in [6, 6.07) is 0. The second-order valence-electron chi connectivity index (χ2n) is 2.79. The standard InChI is InChI=1S/C10H13ClO3/c1-2-13-10(12)7-14-9-6-4-3-5-8(9)11/h5-6H,2-4,7H2,1H3.